The molecule has 2 aromatic carbocycles. The first-order valence-corrected chi connectivity index (χ1v) is 9.12. The van der Waals surface area contributed by atoms with Crippen molar-refractivity contribution in [3.05, 3.63) is 52.5 Å². The van der Waals surface area contributed by atoms with Crippen LogP contribution in [0.5, 0.6) is 5.75 Å². The first kappa shape index (κ1) is 19.2. The van der Waals surface area contributed by atoms with Crippen LogP contribution in [0.1, 0.15) is 13.8 Å². The molecule has 0 atom stereocenters. The molecule has 1 amide bonds. The summed E-state index contributed by atoms with van der Waals surface area (Å²) in [6.45, 7) is 2.27. The van der Waals surface area contributed by atoms with Crippen LogP contribution < -0.4 is 9.04 Å². The maximum absolute atomic E-state index is 12.8. The quantitative estimate of drug-likeness (QED) is 0.576. The van der Waals surface area contributed by atoms with Gasteiger partial charge in [0.15, 0.2) is 5.75 Å². The Labute approximate surface area is 155 Å². The molecule has 2 aromatic rings. The molecule has 0 aromatic heterocycles. The maximum Gasteiger partial charge on any atom is 0.308 e. The molecule has 0 unspecified atom stereocenters. The first-order valence-electron chi connectivity index (χ1n) is 6.93. The summed E-state index contributed by atoms with van der Waals surface area (Å²) in [7, 11) is -4.16. The van der Waals surface area contributed by atoms with Gasteiger partial charge in [-0.1, -0.05) is 41.4 Å². The second-order valence-corrected chi connectivity index (χ2v) is 7.53. The molecule has 132 valence electrons. The molecule has 0 spiro atoms. The van der Waals surface area contributed by atoms with E-state index in [-0.39, 0.29) is 26.4 Å². The summed E-state index contributed by atoms with van der Waals surface area (Å²) in [4.78, 5) is 23.0. The molecule has 0 aliphatic heterocycles. The third kappa shape index (κ3) is 4.12. The second kappa shape index (κ2) is 7.43. The average molecular weight is 402 g/mol. The third-order valence-corrected chi connectivity index (χ3v) is 5.41. The van der Waals surface area contributed by atoms with Crippen LogP contribution in [0.4, 0.5) is 5.69 Å². The van der Waals surface area contributed by atoms with Gasteiger partial charge in [-0.05, 0) is 24.3 Å². The van der Waals surface area contributed by atoms with E-state index in [1.807, 2.05) is 0 Å². The normalized spacial score (nSPS) is 11.0. The van der Waals surface area contributed by atoms with Crippen molar-refractivity contribution in [3.8, 4) is 5.75 Å². The number of esters is 1. The Bertz CT molecular complexity index is 906. The Morgan fingerprint density at radius 2 is 1.52 bits per heavy atom. The molecule has 0 aliphatic carbocycles. The zero-order valence-corrected chi connectivity index (χ0v) is 15.5. The van der Waals surface area contributed by atoms with Gasteiger partial charge in [-0.15, -0.1) is 0 Å². The SMILES string of the molecule is CC(=O)Oc1c(Cl)cc(N(C(C)=O)S(=O)(=O)c2ccccc2)cc1Cl. The highest BCUT2D eigenvalue weighted by Gasteiger charge is 2.30. The van der Waals surface area contributed by atoms with Gasteiger partial charge >= 0.3 is 5.97 Å². The van der Waals surface area contributed by atoms with Crippen molar-refractivity contribution in [3.63, 3.8) is 0 Å². The molecular weight excluding hydrogens is 389 g/mol. The predicted octanol–water partition coefficient (Wildman–Crippen LogP) is 3.66. The fourth-order valence-electron chi connectivity index (χ4n) is 2.09. The predicted molar refractivity (Wildman–Crippen MR) is 94.6 cm³/mol. The average Bonchev–Trinajstić information content (AvgIpc) is 2.51. The largest absolute Gasteiger partial charge is 0.424 e. The monoisotopic (exact) mass is 401 g/mol. The van der Waals surface area contributed by atoms with Gasteiger partial charge in [0.2, 0.25) is 5.91 Å². The smallest absolute Gasteiger partial charge is 0.308 e. The molecule has 0 saturated carbocycles. The summed E-state index contributed by atoms with van der Waals surface area (Å²) >= 11 is 12.1. The van der Waals surface area contributed by atoms with E-state index in [0.29, 0.717) is 4.31 Å². The number of rotatable bonds is 4. The number of hydrogen-bond acceptors (Lipinski definition) is 5. The van der Waals surface area contributed by atoms with Crippen LogP contribution in [0.15, 0.2) is 47.4 Å². The van der Waals surface area contributed by atoms with Gasteiger partial charge in [-0.3, -0.25) is 9.59 Å². The molecule has 2 rings (SSSR count). The van der Waals surface area contributed by atoms with Gasteiger partial charge in [-0.25, -0.2) is 12.7 Å². The molecule has 0 aliphatic rings. The number of hydrogen-bond donors (Lipinski definition) is 0. The highest BCUT2D eigenvalue weighted by atomic mass is 35.5. The van der Waals surface area contributed by atoms with E-state index >= 15 is 0 Å². The van der Waals surface area contributed by atoms with E-state index < -0.39 is 21.9 Å². The van der Waals surface area contributed by atoms with Crippen molar-refractivity contribution in [1.29, 1.82) is 0 Å². The van der Waals surface area contributed by atoms with Gasteiger partial charge < -0.3 is 4.74 Å². The summed E-state index contributed by atoms with van der Waals surface area (Å²) in [5, 5.41) is -0.209. The second-order valence-electron chi connectivity index (χ2n) is 4.93. The van der Waals surface area contributed by atoms with E-state index in [0.717, 1.165) is 6.92 Å². The fourth-order valence-corrected chi connectivity index (χ4v) is 4.08. The van der Waals surface area contributed by atoms with Crippen LogP contribution in [-0.2, 0) is 19.6 Å². The van der Waals surface area contributed by atoms with Gasteiger partial charge in [0.1, 0.15) is 0 Å². The topological polar surface area (TPSA) is 80.8 Å². The van der Waals surface area contributed by atoms with E-state index in [2.05, 4.69) is 0 Å². The molecule has 25 heavy (non-hydrogen) atoms. The number of ether oxygens (including phenoxy) is 1. The molecular formula is C16H13Cl2NO5S. The van der Waals surface area contributed by atoms with Crippen molar-refractivity contribution < 1.29 is 22.7 Å². The number of anilines is 1. The van der Waals surface area contributed by atoms with E-state index in [1.165, 1.54) is 43.3 Å². The lowest BCUT2D eigenvalue weighted by atomic mass is 10.3. The Hall–Kier alpha value is -2.09. The number of sulfonamides is 1. The summed E-state index contributed by atoms with van der Waals surface area (Å²) in [6.07, 6.45) is 0. The molecule has 0 radical (unpaired) electrons. The number of halogens is 2. The lowest BCUT2D eigenvalue weighted by Crippen LogP contribution is -2.35. The Morgan fingerprint density at radius 3 is 1.96 bits per heavy atom. The minimum atomic E-state index is -4.16. The van der Waals surface area contributed by atoms with E-state index in [9.17, 15) is 18.0 Å². The number of carbonyl (C=O) groups is 2. The van der Waals surface area contributed by atoms with Crippen LogP contribution in [0.3, 0.4) is 0 Å². The molecule has 0 heterocycles. The van der Waals surface area contributed by atoms with Crippen LogP contribution in [0.2, 0.25) is 10.0 Å². The Balaban J connectivity index is 2.60. The van der Waals surface area contributed by atoms with Gasteiger partial charge in [0.25, 0.3) is 10.0 Å². The number of nitrogens with zero attached hydrogens (tertiary/aromatic N) is 1. The summed E-state index contributed by atoms with van der Waals surface area (Å²) in [5.74, 6) is -1.51. The molecule has 0 saturated heterocycles. The molecule has 0 N–H and O–H groups in total. The third-order valence-electron chi connectivity index (χ3n) is 3.03. The molecule has 0 bridgehead atoms. The highest BCUT2D eigenvalue weighted by molar-refractivity contribution is 7.93. The summed E-state index contributed by atoms with van der Waals surface area (Å²) in [6, 6.07) is 9.83. The maximum atomic E-state index is 12.8. The number of carbonyl (C=O) groups excluding carboxylic acids is 2. The number of benzene rings is 2. The minimum Gasteiger partial charge on any atom is -0.424 e. The molecule has 0 fully saturated rings. The summed E-state index contributed by atoms with van der Waals surface area (Å²) < 4.78 is 31.1. The first-order chi connectivity index (χ1) is 11.6. The van der Waals surface area contributed by atoms with Crippen molar-refractivity contribution in [2.75, 3.05) is 4.31 Å². The van der Waals surface area contributed by atoms with Gasteiger partial charge in [0.05, 0.1) is 20.6 Å². The van der Waals surface area contributed by atoms with E-state index in [4.69, 9.17) is 27.9 Å². The Kier molecular flexibility index (Phi) is 5.72. The highest BCUT2D eigenvalue weighted by Crippen LogP contribution is 2.38. The van der Waals surface area contributed by atoms with Crippen LogP contribution in [0.25, 0.3) is 0 Å². The van der Waals surface area contributed by atoms with Gasteiger partial charge in [0, 0.05) is 13.8 Å². The lowest BCUT2D eigenvalue weighted by molar-refractivity contribution is -0.131. The number of amides is 1. The molecule has 9 heteroatoms. The van der Waals surface area contributed by atoms with Crippen molar-refractivity contribution >= 4 is 50.8 Å². The van der Waals surface area contributed by atoms with Crippen LogP contribution in [0, 0.1) is 0 Å². The lowest BCUT2D eigenvalue weighted by Gasteiger charge is -2.22. The van der Waals surface area contributed by atoms with Crippen molar-refractivity contribution in [1.82, 2.24) is 0 Å². The molecule has 6 nitrogen and oxygen atoms in total. The van der Waals surface area contributed by atoms with Crippen molar-refractivity contribution in [2.45, 2.75) is 18.7 Å². The zero-order chi connectivity index (χ0) is 18.8. The van der Waals surface area contributed by atoms with E-state index in [1.54, 1.807) is 6.07 Å². The van der Waals surface area contributed by atoms with Crippen LogP contribution in [-0.4, -0.2) is 20.3 Å². The zero-order valence-electron chi connectivity index (χ0n) is 13.2. The fraction of sp³-hybridized carbons (Fsp3) is 0.125. The summed E-state index contributed by atoms with van der Waals surface area (Å²) in [5.41, 5.74) is -0.0674. The van der Waals surface area contributed by atoms with Crippen LogP contribution >= 0.6 is 23.2 Å². The standard InChI is InChI=1S/C16H13Cl2NO5S/c1-10(20)19(25(22,23)13-6-4-3-5-7-13)12-8-14(17)16(15(18)9-12)24-11(2)21/h3-9H,1-2H3. The Morgan fingerprint density at radius 1 is 1.00 bits per heavy atom. The minimum absolute atomic E-state index is 0.0674. The van der Waals surface area contributed by atoms with Gasteiger partial charge in [-0.2, -0.15) is 0 Å². The van der Waals surface area contributed by atoms with Crippen molar-refractivity contribution in [2.24, 2.45) is 0 Å².